The first-order valence-electron chi connectivity index (χ1n) is 6.83. The summed E-state index contributed by atoms with van der Waals surface area (Å²) in [5, 5.41) is 34.8. The molecule has 0 aromatic rings. The van der Waals surface area contributed by atoms with Gasteiger partial charge in [0.05, 0.1) is 18.4 Å². The van der Waals surface area contributed by atoms with Gasteiger partial charge in [0.15, 0.2) is 6.29 Å². The quantitative estimate of drug-likeness (QED) is 0.188. The van der Waals surface area contributed by atoms with Gasteiger partial charge in [0.2, 0.25) is 0 Å². The Morgan fingerprint density at radius 2 is 2.09 bits per heavy atom. The number of aliphatic hydroxyl groups is 3. The Labute approximate surface area is 137 Å². The number of alkyl halides is 1. The molecule has 11 heteroatoms. The fraction of sp³-hybridized carbons (Fsp3) is 0.750. The van der Waals surface area contributed by atoms with Crippen LogP contribution in [0.5, 0.6) is 0 Å². The zero-order chi connectivity index (χ0) is 17.4. The third-order valence-corrected chi connectivity index (χ3v) is 3.30. The van der Waals surface area contributed by atoms with E-state index in [1.807, 2.05) is 0 Å². The molecule has 0 bridgehead atoms. The lowest BCUT2D eigenvalue weighted by Gasteiger charge is -2.40. The van der Waals surface area contributed by atoms with E-state index in [1.54, 1.807) is 0 Å². The van der Waals surface area contributed by atoms with Crippen LogP contribution in [-0.4, -0.2) is 82.6 Å². The number of rotatable bonds is 8. The molecule has 1 heterocycles. The maximum Gasteiger partial charge on any atom is 0.340 e. The van der Waals surface area contributed by atoms with Crippen LogP contribution in [0.1, 0.15) is 0 Å². The SMILES string of the molecule is C=CCOC1O[C@H](CNC(=O)N(CCCl)N=O)[C@@H](O)[C@H](O)[C@H]1O. The number of halogens is 1. The van der Waals surface area contributed by atoms with Gasteiger partial charge < -0.3 is 30.1 Å². The van der Waals surface area contributed by atoms with Crippen LogP contribution in [0.3, 0.4) is 0 Å². The van der Waals surface area contributed by atoms with Gasteiger partial charge in [-0.15, -0.1) is 23.1 Å². The fourth-order valence-electron chi connectivity index (χ4n) is 1.92. The maximum absolute atomic E-state index is 11.7. The van der Waals surface area contributed by atoms with Gasteiger partial charge >= 0.3 is 6.03 Å². The highest BCUT2D eigenvalue weighted by Gasteiger charge is 2.44. The van der Waals surface area contributed by atoms with Crippen LogP contribution in [0.4, 0.5) is 4.79 Å². The summed E-state index contributed by atoms with van der Waals surface area (Å²) in [6.07, 6.45) is -5.28. The topological polar surface area (TPSA) is 141 Å². The summed E-state index contributed by atoms with van der Waals surface area (Å²) in [5.74, 6) is 0.0179. The molecule has 0 saturated carbocycles. The van der Waals surface area contributed by atoms with Gasteiger partial charge in [0.25, 0.3) is 0 Å². The van der Waals surface area contributed by atoms with Gasteiger partial charge in [0, 0.05) is 12.4 Å². The Morgan fingerprint density at radius 3 is 2.65 bits per heavy atom. The minimum absolute atomic E-state index is 0.0179. The van der Waals surface area contributed by atoms with E-state index >= 15 is 0 Å². The summed E-state index contributed by atoms with van der Waals surface area (Å²) in [4.78, 5) is 22.2. The van der Waals surface area contributed by atoms with Gasteiger partial charge in [-0.25, -0.2) is 4.79 Å². The summed E-state index contributed by atoms with van der Waals surface area (Å²) in [7, 11) is 0. The van der Waals surface area contributed by atoms with Crippen molar-refractivity contribution in [2.45, 2.75) is 30.7 Å². The summed E-state index contributed by atoms with van der Waals surface area (Å²) in [5.41, 5.74) is 0. The van der Waals surface area contributed by atoms with E-state index < -0.39 is 36.7 Å². The number of aliphatic hydroxyl groups excluding tert-OH is 3. The summed E-state index contributed by atoms with van der Waals surface area (Å²) < 4.78 is 10.4. The van der Waals surface area contributed by atoms with Crippen molar-refractivity contribution in [2.75, 3.05) is 25.6 Å². The van der Waals surface area contributed by atoms with Crippen molar-refractivity contribution in [3.05, 3.63) is 17.6 Å². The molecule has 23 heavy (non-hydrogen) atoms. The van der Waals surface area contributed by atoms with Gasteiger partial charge in [-0.3, -0.25) is 0 Å². The number of amides is 2. The highest BCUT2D eigenvalue weighted by molar-refractivity contribution is 6.18. The molecule has 0 aliphatic carbocycles. The van der Waals surface area contributed by atoms with Crippen molar-refractivity contribution < 1.29 is 29.6 Å². The van der Waals surface area contributed by atoms with Crippen molar-refractivity contribution in [1.82, 2.24) is 10.3 Å². The van der Waals surface area contributed by atoms with Crippen LogP contribution < -0.4 is 5.32 Å². The zero-order valence-electron chi connectivity index (χ0n) is 12.2. The van der Waals surface area contributed by atoms with Crippen molar-refractivity contribution in [3.8, 4) is 0 Å². The molecular formula is C12H20ClN3O7. The van der Waals surface area contributed by atoms with Crippen LogP contribution in [-0.2, 0) is 9.47 Å². The molecule has 2 amide bonds. The number of carbonyl (C=O) groups is 1. The van der Waals surface area contributed by atoms with Crippen molar-refractivity contribution in [3.63, 3.8) is 0 Å². The van der Waals surface area contributed by atoms with Crippen molar-refractivity contribution in [1.29, 1.82) is 0 Å². The second-order valence-corrected chi connectivity index (χ2v) is 5.09. The van der Waals surface area contributed by atoms with E-state index in [4.69, 9.17) is 21.1 Å². The van der Waals surface area contributed by atoms with Gasteiger partial charge in [-0.2, -0.15) is 5.01 Å². The molecule has 1 aliphatic rings. The molecule has 10 nitrogen and oxygen atoms in total. The van der Waals surface area contributed by atoms with Gasteiger partial charge in [-0.05, 0) is 0 Å². The lowest BCUT2D eigenvalue weighted by atomic mass is 9.99. The molecule has 1 unspecified atom stereocenters. The molecule has 132 valence electrons. The number of nitroso groups, excluding NO2 is 1. The Balaban J connectivity index is 2.61. The molecule has 1 saturated heterocycles. The van der Waals surface area contributed by atoms with Gasteiger partial charge in [0.1, 0.15) is 24.4 Å². The number of carbonyl (C=O) groups excluding carboxylic acids is 1. The summed E-state index contributed by atoms with van der Waals surface area (Å²) >= 11 is 5.42. The third-order valence-electron chi connectivity index (χ3n) is 3.13. The Hall–Kier alpha value is -1.30. The van der Waals surface area contributed by atoms with Crippen molar-refractivity contribution in [2.24, 2.45) is 5.29 Å². The number of nitrogens with one attached hydrogen (secondary N) is 1. The number of urea groups is 1. The molecule has 1 rings (SSSR count). The van der Waals surface area contributed by atoms with Crippen LogP contribution in [0.15, 0.2) is 17.9 Å². The lowest BCUT2D eigenvalue weighted by molar-refractivity contribution is -0.292. The monoisotopic (exact) mass is 353 g/mol. The smallest absolute Gasteiger partial charge is 0.340 e. The molecule has 4 N–H and O–H groups in total. The molecule has 0 spiro atoms. The average molecular weight is 354 g/mol. The maximum atomic E-state index is 11.7. The molecule has 0 radical (unpaired) electrons. The number of nitrogens with zero attached hydrogens (tertiary/aromatic N) is 2. The first-order valence-corrected chi connectivity index (χ1v) is 7.36. The van der Waals surface area contributed by atoms with Crippen LogP contribution in [0, 0.1) is 4.91 Å². The first kappa shape index (κ1) is 19.7. The van der Waals surface area contributed by atoms with E-state index in [2.05, 4.69) is 17.2 Å². The molecule has 1 fully saturated rings. The summed E-state index contributed by atoms with van der Waals surface area (Å²) in [6, 6.07) is -0.833. The molecule has 1 aliphatic heterocycles. The highest BCUT2D eigenvalue weighted by Crippen LogP contribution is 2.21. The van der Waals surface area contributed by atoms with E-state index in [9.17, 15) is 25.0 Å². The molecule has 0 aromatic heterocycles. The van der Waals surface area contributed by atoms with E-state index in [-0.39, 0.29) is 25.6 Å². The second kappa shape index (κ2) is 9.75. The van der Waals surface area contributed by atoms with E-state index in [1.165, 1.54) is 6.08 Å². The number of hydrogen-bond donors (Lipinski definition) is 4. The standard InChI is InChI=1S/C12H20ClN3O7/c1-2-5-22-11-10(19)9(18)8(17)7(23-11)6-14-12(20)16(15-21)4-3-13/h2,7-11,17-19H,1,3-6H2,(H,14,20)/t7-,8-,9+,10-,11?/m1/s1. The Bertz CT molecular complexity index is 414. The van der Waals surface area contributed by atoms with Crippen LogP contribution in [0.2, 0.25) is 0 Å². The first-order chi connectivity index (χ1) is 11.0. The normalized spacial score (nSPS) is 30.5. The second-order valence-electron chi connectivity index (χ2n) is 4.72. The number of hydrogen-bond acceptors (Lipinski definition) is 8. The molecule has 5 atom stereocenters. The van der Waals surface area contributed by atoms with E-state index in [0.717, 1.165) is 0 Å². The molecule has 0 aromatic carbocycles. The van der Waals surface area contributed by atoms with Crippen molar-refractivity contribution >= 4 is 17.6 Å². The fourth-order valence-corrected chi connectivity index (χ4v) is 2.08. The van der Waals surface area contributed by atoms with Gasteiger partial charge in [-0.1, -0.05) is 6.08 Å². The largest absolute Gasteiger partial charge is 0.388 e. The lowest BCUT2D eigenvalue weighted by Crippen LogP contribution is -2.61. The Kier molecular flexibility index (Phi) is 8.37. The summed E-state index contributed by atoms with van der Waals surface area (Å²) in [6.45, 7) is 3.17. The predicted octanol–water partition coefficient (Wildman–Crippen LogP) is -1.07. The number of ether oxygens (including phenoxy) is 2. The predicted molar refractivity (Wildman–Crippen MR) is 79.5 cm³/mol. The van der Waals surface area contributed by atoms with E-state index in [0.29, 0.717) is 5.01 Å². The van der Waals surface area contributed by atoms with Crippen LogP contribution >= 0.6 is 11.6 Å². The average Bonchev–Trinajstić information content (AvgIpc) is 2.55. The highest BCUT2D eigenvalue weighted by atomic mass is 35.5. The zero-order valence-corrected chi connectivity index (χ0v) is 13.0. The minimum atomic E-state index is -1.52. The third kappa shape index (κ3) is 5.37. The minimum Gasteiger partial charge on any atom is -0.388 e. The Morgan fingerprint density at radius 1 is 1.39 bits per heavy atom. The van der Waals surface area contributed by atoms with Crippen LogP contribution in [0.25, 0.3) is 0 Å². The molecular weight excluding hydrogens is 334 g/mol.